The minimum absolute atomic E-state index is 0.0624. The zero-order chi connectivity index (χ0) is 38.1. The molecule has 0 atom stereocenters. The van der Waals surface area contributed by atoms with Crippen LogP contribution in [0.2, 0.25) is 0 Å². The molecule has 3 aliphatic carbocycles. The lowest BCUT2D eigenvalue weighted by Crippen LogP contribution is -2.48. The number of anilines is 4. The van der Waals surface area contributed by atoms with Crippen LogP contribution in [0.5, 0.6) is 0 Å². The molecule has 2 N–H and O–H groups in total. The third kappa shape index (κ3) is 12.3. The molecular weight excluding hydrogens is 669 g/mol. The number of nitrogens with one attached hydrogen (secondary N) is 2. The van der Waals surface area contributed by atoms with Crippen molar-refractivity contribution in [1.82, 2.24) is 9.80 Å². The molecule has 0 saturated heterocycles. The van der Waals surface area contributed by atoms with Crippen LogP contribution in [-0.4, -0.2) is 73.2 Å². The lowest BCUT2D eigenvalue weighted by atomic mass is 9.80. The van der Waals surface area contributed by atoms with Crippen molar-refractivity contribution < 1.29 is 9.59 Å². The Morgan fingerprint density at radius 2 is 0.796 bits per heavy atom. The number of benzene rings is 2. The molecule has 3 saturated carbocycles. The summed E-state index contributed by atoms with van der Waals surface area (Å²) in [4.78, 5) is 37.2. The molecule has 0 bridgehead atoms. The number of rotatable bonds is 18. The van der Waals surface area contributed by atoms with Crippen molar-refractivity contribution in [2.24, 2.45) is 11.8 Å². The van der Waals surface area contributed by atoms with E-state index in [0.717, 1.165) is 128 Å². The number of hydrogen-bond donors (Lipinski definition) is 2. The third-order valence-corrected chi connectivity index (χ3v) is 12.4. The van der Waals surface area contributed by atoms with Gasteiger partial charge < -0.3 is 30.2 Å². The van der Waals surface area contributed by atoms with Crippen LogP contribution >= 0.6 is 0 Å². The molecule has 8 nitrogen and oxygen atoms in total. The van der Waals surface area contributed by atoms with Crippen molar-refractivity contribution in [3.63, 3.8) is 0 Å². The van der Waals surface area contributed by atoms with Gasteiger partial charge in [-0.2, -0.15) is 0 Å². The number of nitrogens with zero attached hydrogens (tertiary/aromatic N) is 4. The number of carbonyl (C=O) groups excluding carboxylic acids is 2. The maximum Gasteiger partial charge on any atom is 0.322 e. The molecule has 4 amide bonds. The normalized spacial score (nSPS) is 19.6. The van der Waals surface area contributed by atoms with Crippen LogP contribution in [0, 0.1) is 11.8 Å². The van der Waals surface area contributed by atoms with Gasteiger partial charge in [0.15, 0.2) is 0 Å². The van der Waals surface area contributed by atoms with E-state index in [9.17, 15) is 9.59 Å². The lowest BCUT2D eigenvalue weighted by Gasteiger charge is -2.40. The van der Waals surface area contributed by atoms with Gasteiger partial charge >= 0.3 is 12.1 Å². The van der Waals surface area contributed by atoms with Crippen molar-refractivity contribution in [2.75, 3.05) is 59.7 Å². The van der Waals surface area contributed by atoms with Gasteiger partial charge in [0.05, 0.1) is 0 Å². The van der Waals surface area contributed by atoms with Gasteiger partial charge in [0.2, 0.25) is 0 Å². The van der Waals surface area contributed by atoms with E-state index in [2.05, 4.69) is 106 Å². The van der Waals surface area contributed by atoms with Gasteiger partial charge in [-0.3, -0.25) is 0 Å². The summed E-state index contributed by atoms with van der Waals surface area (Å²) in [6.07, 6.45) is 20.8. The summed E-state index contributed by atoms with van der Waals surface area (Å²) >= 11 is 0. The zero-order valence-electron chi connectivity index (χ0n) is 34.5. The highest BCUT2D eigenvalue weighted by atomic mass is 16.2. The van der Waals surface area contributed by atoms with Crippen molar-refractivity contribution in [1.29, 1.82) is 0 Å². The molecule has 8 heteroatoms. The maximum atomic E-state index is 14.0. The van der Waals surface area contributed by atoms with Crippen LogP contribution in [0.3, 0.4) is 0 Å². The van der Waals surface area contributed by atoms with Crippen LogP contribution in [0.1, 0.15) is 143 Å². The topological polar surface area (TPSA) is 71.2 Å². The number of urea groups is 2. The van der Waals surface area contributed by atoms with Gasteiger partial charge in [-0.15, -0.1) is 0 Å². The molecule has 300 valence electrons. The average molecular weight is 743 g/mol. The maximum absolute atomic E-state index is 14.0. The smallest absolute Gasteiger partial charge is 0.322 e. The van der Waals surface area contributed by atoms with Crippen molar-refractivity contribution in [3.05, 3.63) is 48.5 Å². The Bertz CT molecular complexity index is 1250. The van der Waals surface area contributed by atoms with Gasteiger partial charge in [-0.1, -0.05) is 66.2 Å². The van der Waals surface area contributed by atoms with E-state index in [-0.39, 0.29) is 12.1 Å². The molecule has 54 heavy (non-hydrogen) atoms. The minimum atomic E-state index is 0.0624. The van der Waals surface area contributed by atoms with Gasteiger partial charge in [0.1, 0.15) is 0 Å². The molecule has 0 radical (unpaired) electrons. The summed E-state index contributed by atoms with van der Waals surface area (Å²) in [5.74, 6) is 1.01. The molecule has 0 aliphatic heterocycles. The van der Waals surface area contributed by atoms with E-state index in [1.54, 1.807) is 0 Å². The standard InChI is InChI=1S/C46H74N6O2/c1-5-31-49(32-6-2)41-27-23-39(24-28-41)47-45(53)51(43-15-11-9-12-16-43)35-37-19-21-38(22-20-37)36-52(44-17-13-10-14-18-44)46(54)48-40-25-29-42(30-26-40)50(33-7-3)34-8-4/h23-30,37-38,43-44H,5-22,31-36H2,1-4H3,(H,47,53)(H,48,54)/t37-,38-. The summed E-state index contributed by atoms with van der Waals surface area (Å²) < 4.78 is 0. The average Bonchev–Trinajstić information content (AvgIpc) is 3.20. The van der Waals surface area contributed by atoms with Crippen LogP contribution < -0.4 is 20.4 Å². The summed E-state index contributed by atoms with van der Waals surface area (Å²) in [7, 11) is 0. The molecule has 0 unspecified atom stereocenters. The molecule has 2 aromatic rings. The zero-order valence-corrected chi connectivity index (χ0v) is 34.5. The largest absolute Gasteiger partial charge is 0.372 e. The Balaban J connectivity index is 1.18. The first kappa shape index (κ1) is 41.7. The minimum Gasteiger partial charge on any atom is -0.372 e. The highest BCUT2D eigenvalue weighted by molar-refractivity contribution is 5.90. The quantitative estimate of drug-likeness (QED) is 0.160. The van der Waals surface area contributed by atoms with Gasteiger partial charge in [-0.25, -0.2) is 9.59 Å². The highest BCUT2D eigenvalue weighted by Crippen LogP contribution is 2.34. The Kier molecular flexibility index (Phi) is 17.2. The van der Waals surface area contributed by atoms with E-state index < -0.39 is 0 Å². The Labute approximate surface area is 328 Å². The molecular formula is C46H74N6O2. The van der Waals surface area contributed by atoms with E-state index in [4.69, 9.17) is 0 Å². The Morgan fingerprint density at radius 3 is 1.09 bits per heavy atom. The van der Waals surface area contributed by atoms with E-state index >= 15 is 0 Å². The summed E-state index contributed by atoms with van der Waals surface area (Å²) in [5, 5.41) is 6.59. The molecule has 0 heterocycles. The molecule has 3 fully saturated rings. The SMILES string of the molecule is CCCN(CCC)c1ccc(NC(=O)N(C[C@H]2CC[C@H](CN(C(=O)Nc3ccc(N(CCC)CCC)cc3)C3CCCCC3)CC2)C2CCCCC2)cc1. The second-order valence-electron chi connectivity index (χ2n) is 16.7. The summed E-state index contributed by atoms with van der Waals surface area (Å²) in [6.45, 7) is 14.8. The van der Waals surface area contributed by atoms with Gasteiger partial charge in [0.25, 0.3) is 0 Å². The monoisotopic (exact) mass is 743 g/mol. The Hall–Kier alpha value is -3.42. The first-order valence-corrected chi connectivity index (χ1v) is 22.3. The van der Waals surface area contributed by atoms with Crippen molar-refractivity contribution in [3.8, 4) is 0 Å². The second kappa shape index (κ2) is 22.2. The van der Waals surface area contributed by atoms with Crippen LogP contribution in [-0.2, 0) is 0 Å². The fourth-order valence-corrected chi connectivity index (χ4v) is 9.46. The summed E-state index contributed by atoms with van der Waals surface area (Å²) in [5.41, 5.74) is 4.22. The van der Waals surface area contributed by atoms with Crippen molar-refractivity contribution >= 4 is 34.8 Å². The fourth-order valence-electron chi connectivity index (χ4n) is 9.46. The first-order chi connectivity index (χ1) is 26.4. The van der Waals surface area contributed by atoms with Crippen molar-refractivity contribution in [2.45, 2.75) is 155 Å². The number of carbonyl (C=O) groups is 2. The van der Waals surface area contributed by atoms with E-state index in [1.165, 1.54) is 49.9 Å². The van der Waals surface area contributed by atoms with Gasteiger partial charge in [-0.05, 0) is 137 Å². The lowest BCUT2D eigenvalue weighted by molar-refractivity contribution is 0.117. The van der Waals surface area contributed by atoms with E-state index in [0.29, 0.717) is 23.9 Å². The molecule has 3 aliphatic rings. The van der Waals surface area contributed by atoms with Crippen LogP contribution in [0.25, 0.3) is 0 Å². The predicted molar refractivity (Wildman–Crippen MR) is 229 cm³/mol. The first-order valence-electron chi connectivity index (χ1n) is 22.3. The molecule has 0 aromatic heterocycles. The number of amides is 4. The second-order valence-corrected chi connectivity index (χ2v) is 16.7. The Morgan fingerprint density at radius 1 is 0.481 bits per heavy atom. The third-order valence-electron chi connectivity index (χ3n) is 12.4. The predicted octanol–water partition coefficient (Wildman–Crippen LogP) is 11.8. The van der Waals surface area contributed by atoms with Crippen LogP contribution in [0.15, 0.2) is 48.5 Å². The highest BCUT2D eigenvalue weighted by Gasteiger charge is 2.33. The molecule has 2 aromatic carbocycles. The molecule has 5 rings (SSSR count). The number of hydrogen-bond acceptors (Lipinski definition) is 4. The molecule has 0 spiro atoms. The van der Waals surface area contributed by atoms with Gasteiger partial charge in [0, 0.05) is 74.1 Å². The van der Waals surface area contributed by atoms with Crippen LogP contribution in [0.4, 0.5) is 32.3 Å². The fraction of sp³-hybridized carbons (Fsp3) is 0.696. The summed E-state index contributed by atoms with van der Waals surface area (Å²) in [6, 6.07) is 17.7. The van der Waals surface area contributed by atoms with E-state index in [1.807, 2.05) is 0 Å².